The average molecular weight is 287 g/mol. The van der Waals surface area contributed by atoms with Gasteiger partial charge in [0, 0.05) is 19.7 Å². The Morgan fingerprint density at radius 2 is 2.19 bits per heavy atom. The van der Waals surface area contributed by atoms with Crippen molar-refractivity contribution in [1.82, 2.24) is 4.90 Å². The predicted octanol–water partition coefficient (Wildman–Crippen LogP) is 2.26. The van der Waals surface area contributed by atoms with E-state index in [1.807, 2.05) is 30.3 Å². The molecule has 1 aromatic carbocycles. The van der Waals surface area contributed by atoms with Gasteiger partial charge in [-0.2, -0.15) is 5.26 Å². The Balaban J connectivity index is 2.00. The lowest BCUT2D eigenvalue weighted by Gasteiger charge is -2.36. The van der Waals surface area contributed by atoms with Gasteiger partial charge < -0.3 is 10.5 Å². The van der Waals surface area contributed by atoms with Gasteiger partial charge in [-0.1, -0.05) is 37.3 Å². The number of nitrogens with two attached hydrogens (primary N) is 1. The molecule has 114 valence electrons. The Hall–Kier alpha value is -1.41. The standard InChI is InChI=1S/C17H25N3O/c1-2-11-21-16-9-6-10-20(12-16)14-17(19,13-18)15-7-4-3-5-8-15/h3-5,7-8,16H,2,6,9-12,14,19H2,1H3. The highest BCUT2D eigenvalue weighted by Crippen LogP contribution is 2.22. The number of hydrogen-bond donors (Lipinski definition) is 1. The maximum Gasteiger partial charge on any atom is 0.142 e. The zero-order chi connectivity index (χ0) is 15.1. The third-order valence-corrected chi connectivity index (χ3v) is 3.98. The van der Waals surface area contributed by atoms with Crippen molar-refractivity contribution in [1.29, 1.82) is 5.26 Å². The molecule has 0 aliphatic carbocycles. The number of piperidine rings is 1. The van der Waals surface area contributed by atoms with Crippen molar-refractivity contribution in [3.63, 3.8) is 0 Å². The molecule has 0 aromatic heterocycles. The van der Waals surface area contributed by atoms with Crippen molar-refractivity contribution in [2.45, 2.75) is 37.8 Å². The van der Waals surface area contributed by atoms with Gasteiger partial charge in [0.15, 0.2) is 0 Å². The van der Waals surface area contributed by atoms with Crippen molar-refractivity contribution in [2.75, 3.05) is 26.2 Å². The van der Waals surface area contributed by atoms with E-state index in [1.54, 1.807) is 0 Å². The summed E-state index contributed by atoms with van der Waals surface area (Å²) < 4.78 is 5.85. The maximum atomic E-state index is 9.54. The molecule has 0 spiro atoms. The van der Waals surface area contributed by atoms with Crippen molar-refractivity contribution < 1.29 is 4.74 Å². The number of hydrogen-bond acceptors (Lipinski definition) is 4. The molecular weight excluding hydrogens is 262 g/mol. The Bertz CT molecular complexity index is 471. The first-order valence-corrected chi connectivity index (χ1v) is 7.77. The summed E-state index contributed by atoms with van der Waals surface area (Å²) in [5, 5.41) is 9.54. The fourth-order valence-corrected chi connectivity index (χ4v) is 2.86. The van der Waals surface area contributed by atoms with Gasteiger partial charge in [0.25, 0.3) is 0 Å². The summed E-state index contributed by atoms with van der Waals surface area (Å²) in [6.07, 6.45) is 3.52. The molecule has 2 N–H and O–H groups in total. The molecule has 0 saturated carbocycles. The monoisotopic (exact) mass is 287 g/mol. The molecular formula is C17H25N3O. The smallest absolute Gasteiger partial charge is 0.142 e. The number of nitrogens with zero attached hydrogens (tertiary/aromatic N) is 2. The molecule has 1 saturated heterocycles. The van der Waals surface area contributed by atoms with Crippen molar-refractivity contribution in [2.24, 2.45) is 5.73 Å². The van der Waals surface area contributed by atoms with E-state index in [1.165, 1.54) is 0 Å². The molecule has 1 fully saturated rings. The Labute approximate surface area is 127 Å². The minimum Gasteiger partial charge on any atom is -0.377 e. The fourth-order valence-electron chi connectivity index (χ4n) is 2.86. The van der Waals surface area contributed by atoms with Crippen molar-refractivity contribution >= 4 is 0 Å². The first kappa shape index (κ1) is 16.0. The largest absolute Gasteiger partial charge is 0.377 e. The molecule has 0 bridgehead atoms. The predicted molar refractivity (Wildman–Crippen MR) is 83.6 cm³/mol. The molecule has 2 atom stereocenters. The summed E-state index contributed by atoms with van der Waals surface area (Å²) in [5.74, 6) is 0. The SMILES string of the molecule is CCCOC1CCCN(CC(N)(C#N)c2ccccc2)C1. The van der Waals surface area contributed by atoms with Crippen LogP contribution in [-0.2, 0) is 10.3 Å². The van der Waals surface area contributed by atoms with E-state index in [0.717, 1.165) is 44.5 Å². The van der Waals surface area contributed by atoms with Crippen molar-refractivity contribution in [3.8, 4) is 6.07 Å². The highest BCUT2D eigenvalue weighted by atomic mass is 16.5. The molecule has 1 heterocycles. The molecule has 4 nitrogen and oxygen atoms in total. The zero-order valence-electron chi connectivity index (χ0n) is 12.8. The third-order valence-electron chi connectivity index (χ3n) is 3.98. The number of rotatable bonds is 6. The van der Waals surface area contributed by atoms with Gasteiger partial charge >= 0.3 is 0 Å². The first-order chi connectivity index (χ1) is 10.2. The van der Waals surface area contributed by atoms with E-state index in [4.69, 9.17) is 10.5 Å². The molecule has 1 aliphatic heterocycles. The summed E-state index contributed by atoms with van der Waals surface area (Å²) in [4.78, 5) is 2.26. The van der Waals surface area contributed by atoms with E-state index in [2.05, 4.69) is 17.9 Å². The van der Waals surface area contributed by atoms with E-state index < -0.39 is 5.54 Å². The molecule has 21 heavy (non-hydrogen) atoms. The second kappa shape index (κ2) is 7.56. The van der Waals surface area contributed by atoms with Gasteiger partial charge in [0.1, 0.15) is 5.54 Å². The summed E-state index contributed by atoms with van der Waals surface area (Å²) in [5.41, 5.74) is 6.28. The van der Waals surface area contributed by atoms with Crippen LogP contribution in [0.5, 0.6) is 0 Å². The molecule has 2 unspecified atom stereocenters. The quantitative estimate of drug-likeness (QED) is 0.871. The van der Waals surface area contributed by atoms with Gasteiger partial charge in [-0.25, -0.2) is 0 Å². The average Bonchev–Trinajstić information content (AvgIpc) is 2.54. The van der Waals surface area contributed by atoms with E-state index in [9.17, 15) is 5.26 Å². The topological polar surface area (TPSA) is 62.3 Å². The lowest BCUT2D eigenvalue weighted by atomic mass is 9.91. The Morgan fingerprint density at radius 3 is 2.86 bits per heavy atom. The molecule has 1 aliphatic rings. The van der Waals surface area contributed by atoms with E-state index in [-0.39, 0.29) is 6.10 Å². The Kier molecular flexibility index (Phi) is 5.75. The molecule has 0 radical (unpaired) electrons. The van der Waals surface area contributed by atoms with Crippen LogP contribution in [0.3, 0.4) is 0 Å². The van der Waals surface area contributed by atoms with Crippen LogP contribution < -0.4 is 5.73 Å². The van der Waals surface area contributed by atoms with Crippen LogP contribution in [0.1, 0.15) is 31.7 Å². The lowest BCUT2D eigenvalue weighted by Crippen LogP contribution is -2.50. The maximum absolute atomic E-state index is 9.54. The zero-order valence-corrected chi connectivity index (χ0v) is 12.8. The van der Waals surface area contributed by atoms with Crippen LogP contribution in [-0.4, -0.2) is 37.2 Å². The van der Waals surface area contributed by atoms with Crippen LogP contribution in [0, 0.1) is 11.3 Å². The lowest BCUT2D eigenvalue weighted by molar-refractivity contribution is -0.00354. The number of likely N-dealkylation sites (tertiary alicyclic amines) is 1. The van der Waals surface area contributed by atoms with Gasteiger partial charge in [-0.05, 0) is 31.4 Å². The van der Waals surface area contributed by atoms with Gasteiger partial charge in [0.05, 0.1) is 12.2 Å². The highest BCUT2D eigenvalue weighted by Gasteiger charge is 2.32. The second-order valence-electron chi connectivity index (χ2n) is 5.82. The summed E-state index contributed by atoms with van der Waals surface area (Å²) in [7, 11) is 0. The minimum atomic E-state index is -0.950. The van der Waals surface area contributed by atoms with Gasteiger partial charge in [0.2, 0.25) is 0 Å². The highest BCUT2D eigenvalue weighted by molar-refractivity contribution is 5.31. The summed E-state index contributed by atoms with van der Waals surface area (Å²) in [6, 6.07) is 12.0. The Morgan fingerprint density at radius 1 is 1.43 bits per heavy atom. The molecule has 4 heteroatoms. The number of benzene rings is 1. The summed E-state index contributed by atoms with van der Waals surface area (Å²) in [6.45, 7) is 5.34. The van der Waals surface area contributed by atoms with Crippen LogP contribution in [0.4, 0.5) is 0 Å². The van der Waals surface area contributed by atoms with Crippen LogP contribution in [0.15, 0.2) is 30.3 Å². The first-order valence-electron chi connectivity index (χ1n) is 7.77. The third kappa shape index (κ3) is 4.28. The minimum absolute atomic E-state index is 0.275. The fraction of sp³-hybridized carbons (Fsp3) is 0.588. The van der Waals surface area contributed by atoms with Gasteiger partial charge in [-0.3, -0.25) is 4.90 Å². The van der Waals surface area contributed by atoms with Crippen LogP contribution in [0.2, 0.25) is 0 Å². The van der Waals surface area contributed by atoms with Crippen LogP contribution in [0.25, 0.3) is 0 Å². The van der Waals surface area contributed by atoms with Crippen molar-refractivity contribution in [3.05, 3.63) is 35.9 Å². The van der Waals surface area contributed by atoms with Crippen LogP contribution >= 0.6 is 0 Å². The van der Waals surface area contributed by atoms with E-state index >= 15 is 0 Å². The normalized spacial score (nSPS) is 22.4. The number of ether oxygens (including phenoxy) is 1. The van der Waals surface area contributed by atoms with E-state index in [0.29, 0.717) is 6.54 Å². The molecule has 0 amide bonds. The molecule has 2 rings (SSSR count). The number of nitriles is 1. The molecule has 1 aromatic rings. The summed E-state index contributed by atoms with van der Waals surface area (Å²) >= 11 is 0. The second-order valence-corrected chi connectivity index (χ2v) is 5.82. The van der Waals surface area contributed by atoms with Gasteiger partial charge in [-0.15, -0.1) is 0 Å².